The number of hydrogen-bond acceptors (Lipinski definition) is 7. The van der Waals surface area contributed by atoms with Gasteiger partial charge in [-0.05, 0) is 23.4 Å². The molecule has 0 radical (unpaired) electrons. The summed E-state index contributed by atoms with van der Waals surface area (Å²) in [5.41, 5.74) is -0.0630. The summed E-state index contributed by atoms with van der Waals surface area (Å²) >= 11 is 6.57. The number of ether oxygens (including phenoxy) is 4. The summed E-state index contributed by atoms with van der Waals surface area (Å²) in [6.45, 7) is 1.77. The molecule has 1 aliphatic carbocycles. The van der Waals surface area contributed by atoms with Gasteiger partial charge in [0.05, 0.1) is 21.3 Å². The Morgan fingerprint density at radius 1 is 0.897 bits per heavy atom. The first-order valence-corrected chi connectivity index (χ1v) is 13.0. The molecule has 1 amide bonds. The van der Waals surface area contributed by atoms with Crippen molar-refractivity contribution in [3.05, 3.63) is 69.9 Å². The molecule has 2 heterocycles. The highest BCUT2D eigenvalue weighted by molar-refractivity contribution is 6.36. The van der Waals surface area contributed by atoms with E-state index in [1.54, 1.807) is 14.0 Å². The van der Waals surface area contributed by atoms with E-state index in [2.05, 4.69) is 5.32 Å². The summed E-state index contributed by atoms with van der Waals surface area (Å²) in [7, 11) is 4.47. The van der Waals surface area contributed by atoms with Crippen LogP contribution in [0.5, 0.6) is 23.0 Å². The van der Waals surface area contributed by atoms with Gasteiger partial charge in [-0.1, -0.05) is 48.9 Å². The van der Waals surface area contributed by atoms with Crippen LogP contribution in [0.3, 0.4) is 0 Å². The number of amides is 1. The Hall–Kier alpha value is -4.04. The van der Waals surface area contributed by atoms with Gasteiger partial charge >= 0.3 is 0 Å². The zero-order valence-electron chi connectivity index (χ0n) is 21.8. The standard InChI is InChI=1S/C30H26ClNO7/c1-14-11-19-24(18(12-23(33)32-19)16-9-10-20(36-2)17-8-6-5-7-15(16)17)28(34)30(14)29(35)25-21(37-3)13-22(38-4)26(31)27(25)39-30/h5-10,13-14,18H,11-12H2,1-4H3,(H,32,33). The second-order valence-electron chi connectivity index (χ2n) is 10.0. The van der Waals surface area contributed by atoms with E-state index in [1.165, 1.54) is 20.3 Å². The number of nitrogens with one attached hydrogen (secondary N) is 1. The van der Waals surface area contributed by atoms with E-state index >= 15 is 0 Å². The van der Waals surface area contributed by atoms with Crippen LogP contribution in [0.25, 0.3) is 10.8 Å². The van der Waals surface area contributed by atoms with E-state index in [-0.39, 0.29) is 46.6 Å². The second kappa shape index (κ2) is 9.02. The Labute approximate surface area is 229 Å². The number of Topliss-reactive ketones (excluding diaryl/α,β-unsaturated/α-hetero) is 2. The smallest absolute Gasteiger partial charge is 0.236 e. The minimum atomic E-state index is -1.85. The Morgan fingerprint density at radius 3 is 2.28 bits per heavy atom. The van der Waals surface area contributed by atoms with E-state index in [0.717, 1.165) is 16.3 Å². The maximum absolute atomic E-state index is 14.6. The fraction of sp³-hybridized carbons (Fsp3) is 0.300. The van der Waals surface area contributed by atoms with Crippen molar-refractivity contribution in [2.75, 3.05) is 21.3 Å². The molecule has 2 aliphatic heterocycles. The predicted octanol–water partition coefficient (Wildman–Crippen LogP) is 5.00. The van der Waals surface area contributed by atoms with Gasteiger partial charge in [-0.25, -0.2) is 0 Å². The zero-order chi connectivity index (χ0) is 27.6. The number of rotatable bonds is 4. The van der Waals surface area contributed by atoms with Crippen molar-refractivity contribution in [2.45, 2.75) is 31.3 Å². The van der Waals surface area contributed by atoms with Crippen molar-refractivity contribution in [3.63, 3.8) is 0 Å². The maximum atomic E-state index is 14.6. The lowest BCUT2D eigenvalue weighted by Gasteiger charge is -2.41. The van der Waals surface area contributed by atoms with Crippen molar-refractivity contribution in [1.29, 1.82) is 0 Å². The lowest BCUT2D eigenvalue weighted by atomic mass is 9.66. The normalized spacial score (nSPS) is 23.9. The van der Waals surface area contributed by atoms with Crippen LogP contribution in [0.15, 0.2) is 53.7 Å². The molecule has 0 bridgehead atoms. The van der Waals surface area contributed by atoms with Crippen LogP contribution >= 0.6 is 11.6 Å². The van der Waals surface area contributed by atoms with Gasteiger partial charge in [0.25, 0.3) is 0 Å². The molecule has 9 heteroatoms. The Bertz CT molecular complexity index is 1630. The van der Waals surface area contributed by atoms with Gasteiger partial charge in [-0.2, -0.15) is 0 Å². The summed E-state index contributed by atoms with van der Waals surface area (Å²) in [5, 5.41) is 4.72. The quantitative estimate of drug-likeness (QED) is 0.459. The minimum Gasteiger partial charge on any atom is -0.496 e. The number of halogens is 1. The van der Waals surface area contributed by atoms with Crippen LogP contribution in [0, 0.1) is 5.92 Å². The van der Waals surface area contributed by atoms with E-state index in [0.29, 0.717) is 17.0 Å². The van der Waals surface area contributed by atoms with Gasteiger partial charge in [0.15, 0.2) is 5.75 Å². The first-order valence-electron chi connectivity index (χ1n) is 12.6. The van der Waals surface area contributed by atoms with Gasteiger partial charge in [0.1, 0.15) is 27.8 Å². The molecule has 0 aromatic heterocycles. The molecule has 200 valence electrons. The fourth-order valence-corrected chi connectivity index (χ4v) is 6.50. The first kappa shape index (κ1) is 25.2. The van der Waals surface area contributed by atoms with Crippen molar-refractivity contribution >= 4 is 39.8 Å². The SMILES string of the molecule is COc1cc(OC)c2c(c1Cl)OC1(C(=O)C3=C(CC1C)NC(=O)CC3c1ccc(OC)c3ccccc13)C2=O. The largest absolute Gasteiger partial charge is 0.496 e. The average molecular weight is 548 g/mol. The highest BCUT2D eigenvalue weighted by Gasteiger charge is 2.63. The third kappa shape index (κ3) is 3.40. The van der Waals surface area contributed by atoms with E-state index in [1.807, 2.05) is 36.4 Å². The number of allylic oxidation sites excluding steroid dienone is 1. The molecule has 3 unspecified atom stereocenters. The lowest BCUT2D eigenvalue weighted by Crippen LogP contribution is -2.59. The topological polar surface area (TPSA) is 100 Å². The Morgan fingerprint density at radius 2 is 1.59 bits per heavy atom. The molecule has 39 heavy (non-hydrogen) atoms. The monoisotopic (exact) mass is 547 g/mol. The molecule has 6 rings (SSSR count). The van der Waals surface area contributed by atoms with Gasteiger partial charge in [0, 0.05) is 41.0 Å². The van der Waals surface area contributed by atoms with Crippen LogP contribution in [-0.2, 0) is 9.59 Å². The molecule has 0 saturated heterocycles. The second-order valence-corrected chi connectivity index (χ2v) is 10.4. The molecule has 0 saturated carbocycles. The third-order valence-corrected chi connectivity index (χ3v) is 8.43. The van der Waals surface area contributed by atoms with Crippen LogP contribution in [0.2, 0.25) is 5.02 Å². The van der Waals surface area contributed by atoms with Crippen molar-refractivity contribution in [1.82, 2.24) is 5.32 Å². The van der Waals surface area contributed by atoms with Gasteiger partial charge in [-0.15, -0.1) is 0 Å². The van der Waals surface area contributed by atoms with E-state index in [9.17, 15) is 14.4 Å². The number of fused-ring (bicyclic) bond motifs is 2. The van der Waals surface area contributed by atoms with Crippen LogP contribution < -0.4 is 24.3 Å². The summed E-state index contributed by atoms with van der Waals surface area (Å²) in [6, 6.07) is 12.9. The number of hydrogen-bond donors (Lipinski definition) is 1. The molecule has 3 aliphatic rings. The fourth-order valence-electron chi connectivity index (χ4n) is 6.23. The average Bonchev–Trinajstić information content (AvgIpc) is 3.25. The molecule has 3 atom stereocenters. The van der Waals surface area contributed by atoms with E-state index < -0.39 is 29.0 Å². The van der Waals surface area contributed by atoms with Gasteiger partial charge < -0.3 is 24.3 Å². The summed E-state index contributed by atoms with van der Waals surface area (Å²) in [5.74, 6) is -1.15. The Balaban J connectivity index is 1.54. The summed E-state index contributed by atoms with van der Waals surface area (Å²) < 4.78 is 22.7. The number of carbonyl (C=O) groups excluding carboxylic acids is 3. The van der Waals surface area contributed by atoms with E-state index in [4.69, 9.17) is 30.5 Å². The van der Waals surface area contributed by atoms with Crippen LogP contribution in [0.4, 0.5) is 0 Å². The van der Waals surface area contributed by atoms with Crippen molar-refractivity contribution in [2.24, 2.45) is 5.92 Å². The number of benzene rings is 3. The third-order valence-electron chi connectivity index (χ3n) is 8.07. The van der Waals surface area contributed by atoms with Crippen molar-refractivity contribution in [3.8, 4) is 23.0 Å². The minimum absolute atomic E-state index is 0.0460. The number of carbonyl (C=O) groups is 3. The maximum Gasteiger partial charge on any atom is 0.236 e. The molecular weight excluding hydrogens is 522 g/mol. The molecule has 0 fully saturated rings. The first-order chi connectivity index (χ1) is 18.8. The molecule has 8 nitrogen and oxygen atoms in total. The summed E-state index contributed by atoms with van der Waals surface area (Å²) in [6.07, 6.45) is 0.304. The van der Waals surface area contributed by atoms with Crippen LogP contribution in [0.1, 0.15) is 41.6 Å². The van der Waals surface area contributed by atoms with Crippen molar-refractivity contribution < 1.29 is 33.3 Å². The van der Waals surface area contributed by atoms with Gasteiger partial charge in [-0.3, -0.25) is 14.4 Å². The predicted molar refractivity (Wildman–Crippen MR) is 144 cm³/mol. The number of ketones is 2. The molecule has 1 spiro atoms. The molecule has 3 aromatic rings. The summed E-state index contributed by atoms with van der Waals surface area (Å²) in [4.78, 5) is 41.6. The van der Waals surface area contributed by atoms with Crippen LogP contribution in [-0.4, -0.2) is 44.4 Å². The molecule has 3 aromatic carbocycles. The highest BCUT2D eigenvalue weighted by atomic mass is 35.5. The Kier molecular flexibility index (Phi) is 5.84. The molecular formula is C30H26ClNO7. The zero-order valence-corrected chi connectivity index (χ0v) is 22.6. The van der Waals surface area contributed by atoms with Gasteiger partial charge in [0.2, 0.25) is 23.1 Å². The molecule has 1 N–H and O–H groups in total. The highest BCUT2D eigenvalue weighted by Crippen LogP contribution is 2.55. The number of methoxy groups -OCH3 is 3. The lowest BCUT2D eigenvalue weighted by molar-refractivity contribution is -0.131.